The van der Waals surface area contributed by atoms with Gasteiger partial charge < -0.3 is 4.90 Å². The van der Waals surface area contributed by atoms with Gasteiger partial charge in [0.25, 0.3) is 11.6 Å². The Hall–Kier alpha value is -1.91. The third-order valence-electron chi connectivity index (χ3n) is 3.05. The second-order valence-corrected chi connectivity index (χ2v) is 4.00. The average molecular weight is 220 g/mol. The quantitative estimate of drug-likeness (QED) is 0.434. The lowest BCUT2D eigenvalue weighted by Crippen LogP contribution is -2.13. The molecule has 1 aromatic carbocycles. The van der Waals surface area contributed by atoms with E-state index in [1.165, 1.54) is 24.3 Å². The van der Waals surface area contributed by atoms with Crippen molar-refractivity contribution < 1.29 is 9.72 Å². The number of non-ortho nitro benzene ring substituents is 1. The van der Waals surface area contributed by atoms with Gasteiger partial charge in [-0.05, 0) is 26.0 Å². The van der Waals surface area contributed by atoms with Crippen LogP contribution in [-0.2, 0) is 0 Å². The zero-order valence-electron chi connectivity index (χ0n) is 9.08. The first-order valence-electron chi connectivity index (χ1n) is 5.09. The van der Waals surface area contributed by atoms with E-state index >= 15 is 0 Å². The summed E-state index contributed by atoms with van der Waals surface area (Å²) in [6.07, 6.45) is 0. The average Bonchev–Trinajstić information content (AvgIpc) is 2.86. The van der Waals surface area contributed by atoms with E-state index in [0.29, 0.717) is 5.56 Å². The van der Waals surface area contributed by atoms with Crippen molar-refractivity contribution in [3.63, 3.8) is 0 Å². The van der Waals surface area contributed by atoms with E-state index in [4.69, 9.17) is 0 Å². The molecule has 1 aliphatic rings. The van der Waals surface area contributed by atoms with Crippen LogP contribution in [0, 0.1) is 10.1 Å². The standard InChI is InChI=1S/C11H12N2O3/c1-7-8(2)12(7)11(14)9-3-5-10(6-4-9)13(15)16/h3-8H,1-2H3. The summed E-state index contributed by atoms with van der Waals surface area (Å²) in [5, 5.41) is 10.4. The molecular formula is C11H12N2O3. The normalized spacial score (nSPS) is 23.0. The van der Waals surface area contributed by atoms with Gasteiger partial charge in [-0.1, -0.05) is 0 Å². The van der Waals surface area contributed by atoms with E-state index in [0.717, 1.165) is 0 Å². The Morgan fingerprint density at radius 2 is 1.75 bits per heavy atom. The SMILES string of the molecule is CC1C(C)N1C(=O)c1ccc([N+](=O)[O-])cc1. The van der Waals surface area contributed by atoms with Gasteiger partial charge in [0, 0.05) is 29.8 Å². The van der Waals surface area contributed by atoms with Gasteiger partial charge in [0.1, 0.15) is 0 Å². The van der Waals surface area contributed by atoms with Crippen molar-refractivity contribution in [2.24, 2.45) is 0 Å². The number of rotatable bonds is 2. The van der Waals surface area contributed by atoms with Gasteiger partial charge in [-0.3, -0.25) is 14.9 Å². The molecule has 5 nitrogen and oxygen atoms in total. The number of nitro benzene ring substituents is 1. The number of nitro groups is 1. The number of hydrogen-bond donors (Lipinski definition) is 0. The Bertz CT molecular complexity index is 433. The fourth-order valence-electron chi connectivity index (χ4n) is 1.75. The lowest BCUT2D eigenvalue weighted by Gasteiger charge is -2.02. The van der Waals surface area contributed by atoms with Crippen LogP contribution in [0.3, 0.4) is 0 Å². The van der Waals surface area contributed by atoms with Crippen molar-refractivity contribution in [3.05, 3.63) is 39.9 Å². The summed E-state index contributed by atoms with van der Waals surface area (Å²) >= 11 is 0. The fraction of sp³-hybridized carbons (Fsp3) is 0.364. The largest absolute Gasteiger partial charge is 0.329 e. The van der Waals surface area contributed by atoms with Gasteiger partial charge in [-0.15, -0.1) is 0 Å². The van der Waals surface area contributed by atoms with E-state index in [-0.39, 0.29) is 23.7 Å². The first-order valence-corrected chi connectivity index (χ1v) is 5.09. The molecule has 1 amide bonds. The van der Waals surface area contributed by atoms with Gasteiger partial charge in [-0.2, -0.15) is 0 Å². The molecule has 2 rings (SSSR count). The molecule has 0 aliphatic carbocycles. The third kappa shape index (κ3) is 1.64. The molecule has 1 aromatic rings. The molecule has 2 unspecified atom stereocenters. The summed E-state index contributed by atoms with van der Waals surface area (Å²) in [5.41, 5.74) is 0.505. The van der Waals surface area contributed by atoms with Crippen LogP contribution in [0.4, 0.5) is 5.69 Å². The van der Waals surface area contributed by atoms with Crippen molar-refractivity contribution >= 4 is 11.6 Å². The van der Waals surface area contributed by atoms with E-state index in [1.807, 2.05) is 13.8 Å². The molecule has 0 radical (unpaired) electrons. The molecular weight excluding hydrogens is 208 g/mol. The van der Waals surface area contributed by atoms with Gasteiger partial charge in [0.2, 0.25) is 0 Å². The minimum Gasteiger partial charge on any atom is -0.329 e. The predicted octanol–water partition coefficient (Wildman–Crippen LogP) is 1.83. The van der Waals surface area contributed by atoms with Crippen molar-refractivity contribution in [1.82, 2.24) is 4.90 Å². The second-order valence-electron chi connectivity index (χ2n) is 4.00. The summed E-state index contributed by atoms with van der Waals surface area (Å²) in [7, 11) is 0. The highest BCUT2D eigenvalue weighted by atomic mass is 16.6. The molecule has 1 aliphatic heterocycles. The summed E-state index contributed by atoms with van der Waals surface area (Å²) in [6, 6.07) is 6.24. The van der Waals surface area contributed by atoms with Crippen LogP contribution in [-0.4, -0.2) is 27.8 Å². The third-order valence-corrected chi connectivity index (χ3v) is 3.05. The second kappa shape index (κ2) is 3.59. The first kappa shape index (κ1) is 10.6. The molecule has 0 aromatic heterocycles. The fourth-order valence-corrected chi connectivity index (χ4v) is 1.75. The Morgan fingerprint density at radius 3 is 2.12 bits per heavy atom. The zero-order chi connectivity index (χ0) is 11.9. The highest BCUT2D eigenvalue weighted by Crippen LogP contribution is 2.29. The van der Waals surface area contributed by atoms with E-state index in [2.05, 4.69) is 0 Å². The maximum absolute atomic E-state index is 11.9. The van der Waals surface area contributed by atoms with E-state index in [1.54, 1.807) is 4.90 Å². The summed E-state index contributed by atoms with van der Waals surface area (Å²) in [5.74, 6) is -0.0603. The van der Waals surface area contributed by atoms with Crippen LogP contribution in [0.15, 0.2) is 24.3 Å². The first-order chi connectivity index (χ1) is 7.52. The smallest absolute Gasteiger partial charge is 0.269 e. The molecule has 2 atom stereocenters. The van der Waals surface area contributed by atoms with Gasteiger partial charge in [-0.25, -0.2) is 0 Å². The van der Waals surface area contributed by atoms with E-state index < -0.39 is 4.92 Å². The highest BCUT2D eigenvalue weighted by Gasteiger charge is 2.43. The molecule has 1 fully saturated rings. The summed E-state index contributed by atoms with van der Waals surface area (Å²) < 4.78 is 0. The number of nitrogens with zero attached hydrogens (tertiary/aromatic N) is 2. The van der Waals surface area contributed by atoms with Gasteiger partial charge in [0.15, 0.2) is 0 Å². The Morgan fingerprint density at radius 1 is 1.25 bits per heavy atom. The van der Waals surface area contributed by atoms with Crippen molar-refractivity contribution in [2.45, 2.75) is 25.9 Å². The molecule has 16 heavy (non-hydrogen) atoms. The summed E-state index contributed by atoms with van der Waals surface area (Å²) in [4.78, 5) is 23.6. The molecule has 0 N–H and O–H groups in total. The van der Waals surface area contributed by atoms with Crippen LogP contribution in [0.25, 0.3) is 0 Å². The lowest BCUT2D eigenvalue weighted by molar-refractivity contribution is -0.384. The number of benzene rings is 1. The maximum Gasteiger partial charge on any atom is 0.269 e. The minimum absolute atomic E-state index is 0.00319. The van der Waals surface area contributed by atoms with Crippen LogP contribution >= 0.6 is 0 Å². The number of amides is 1. The number of carbonyl (C=O) groups excluding carboxylic acids is 1. The van der Waals surface area contributed by atoms with E-state index in [9.17, 15) is 14.9 Å². The molecule has 1 saturated heterocycles. The molecule has 84 valence electrons. The van der Waals surface area contributed by atoms with Crippen molar-refractivity contribution in [1.29, 1.82) is 0 Å². The highest BCUT2D eigenvalue weighted by molar-refractivity contribution is 5.96. The predicted molar refractivity (Wildman–Crippen MR) is 58.2 cm³/mol. The monoisotopic (exact) mass is 220 g/mol. The molecule has 0 bridgehead atoms. The van der Waals surface area contributed by atoms with Gasteiger partial charge in [0.05, 0.1) is 4.92 Å². The molecule has 1 heterocycles. The maximum atomic E-state index is 11.9. The number of carbonyl (C=O) groups is 1. The Balaban J connectivity index is 2.16. The molecule has 0 saturated carbocycles. The Labute approximate surface area is 92.8 Å². The molecule has 0 spiro atoms. The zero-order valence-corrected chi connectivity index (χ0v) is 9.08. The van der Waals surface area contributed by atoms with Crippen LogP contribution in [0.5, 0.6) is 0 Å². The molecule has 5 heteroatoms. The van der Waals surface area contributed by atoms with Crippen molar-refractivity contribution in [2.75, 3.05) is 0 Å². The van der Waals surface area contributed by atoms with Crippen LogP contribution < -0.4 is 0 Å². The van der Waals surface area contributed by atoms with Gasteiger partial charge >= 0.3 is 0 Å². The summed E-state index contributed by atoms with van der Waals surface area (Å²) in [6.45, 7) is 3.96. The Kier molecular flexibility index (Phi) is 2.38. The number of hydrogen-bond acceptors (Lipinski definition) is 3. The van der Waals surface area contributed by atoms with Crippen molar-refractivity contribution in [3.8, 4) is 0 Å². The van der Waals surface area contributed by atoms with Crippen LogP contribution in [0.1, 0.15) is 24.2 Å². The topological polar surface area (TPSA) is 63.2 Å². The lowest BCUT2D eigenvalue weighted by atomic mass is 10.2. The van der Waals surface area contributed by atoms with Crippen LogP contribution in [0.2, 0.25) is 0 Å². The minimum atomic E-state index is -0.475.